The summed E-state index contributed by atoms with van der Waals surface area (Å²) in [5.74, 6) is 1.71. The van der Waals surface area contributed by atoms with Crippen LogP contribution in [0.25, 0.3) is 0 Å². The summed E-state index contributed by atoms with van der Waals surface area (Å²) < 4.78 is 0. The van der Waals surface area contributed by atoms with Crippen molar-refractivity contribution < 1.29 is 0 Å². The van der Waals surface area contributed by atoms with Crippen molar-refractivity contribution in [2.45, 2.75) is 39.7 Å². The Balaban J connectivity index is 1.75. The van der Waals surface area contributed by atoms with Crippen molar-refractivity contribution in [1.82, 2.24) is 15.6 Å². The van der Waals surface area contributed by atoms with Crippen molar-refractivity contribution in [1.29, 1.82) is 0 Å². The summed E-state index contributed by atoms with van der Waals surface area (Å²) in [7, 11) is 1.82. The Bertz CT molecular complexity index is 438. The van der Waals surface area contributed by atoms with E-state index in [0.717, 1.165) is 35.5 Å². The zero-order valence-corrected chi connectivity index (χ0v) is 12.4. The lowest BCUT2D eigenvalue weighted by atomic mass is 10.3. The minimum atomic E-state index is 0.614. The molecule has 0 bridgehead atoms. The summed E-state index contributed by atoms with van der Waals surface area (Å²) in [6.07, 6.45) is 2.27. The van der Waals surface area contributed by atoms with Gasteiger partial charge in [0.05, 0.1) is 10.7 Å². The SMILES string of the molecule is CN=C(NCCc1sc(C)nc1C)NC1CC1C. The van der Waals surface area contributed by atoms with Gasteiger partial charge in [0.15, 0.2) is 5.96 Å². The highest BCUT2D eigenvalue weighted by Crippen LogP contribution is 2.28. The third-order valence-electron chi connectivity index (χ3n) is 3.30. The fourth-order valence-corrected chi connectivity index (χ4v) is 2.93. The molecule has 100 valence electrons. The molecular formula is C13H22N4S. The summed E-state index contributed by atoms with van der Waals surface area (Å²) in [5, 5.41) is 7.94. The van der Waals surface area contributed by atoms with Crippen LogP contribution in [0.3, 0.4) is 0 Å². The lowest BCUT2D eigenvalue weighted by molar-refractivity contribution is 0.759. The number of aliphatic imine (C=N–C) groups is 1. The number of rotatable bonds is 4. The van der Waals surface area contributed by atoms with Crippen LogP contribution in [-0.2, 0) is 6.42 Å². The second-order valence-electron chi connectivity index (χ2n) is 4.95. The first-order valence-electron chi connectivity index (χ1n) is 6.50. The van der Waals surface area contributed by atoms with E-state index in [2.05, 4.69) is 41.4 Å². The monoisotopic (exact) mass is 266 g/mol. The molecule has 1 aromatic rings. The molecule has 0 aliphatic heterocycles. The molecule has 2 atom stereocenters. The standard InChI is InChI=1S/C13H22N4S/c1-8-7-11(8)17-13(14-4)15-6-5-12-9(2)16-10(3)18-12/h8,11H,5-7H2,1-4H3,(H2,14,15,17). The predicted octanol–water partition coefficient (Wildman–Crippen LogP) is 1.88. The number of nitrogens with one attached hydrogen (secondary N) is 2. The van der Waals surface area contributed by atoms with Crippen molar-refractivity contribution in [3.05, 3.63) is 15.6 Å². The summed E-state index contributed by atoms with van der Waals surface area (Å²) in [6.45, 7) is 7.30. The molecule has 0 saturated heterocycles. The Kier molecular flexibility index (Phi) is 4.22. The minimum Gasteiger partial charge on any atom is -0.356 e. The molecule has 1 aliphatic carbocycles. The molecule has 2 rings (SSSR count). The highest BCUT2D eigenvalue weighted by molar-refractivity contribution is 7.11. The molecule has 5 heteroatoms. The van der Waals surface area contributed by atoms with Gasteiger partial charge in [-0.05, 0) is 26.2 Å². The van der Waals surface area contributed by atoms with E-state index in [1.54, 1.807) is 11.3 Å². The zero-order valence-electron chi connectivity index (χ0n) is 11.6. The van der Waals surface area contributed by atoms with E-state index < -0.39 is 0 Å². The number of guanidine groups is 1. The van der Waals surface area contributed by atoms with Crippen LogP contribution in [0, 0.1) is 19.8 Å². The minimum absolute atomic E-state index is 0.614. The molecule has 1 aromatic heterocycles. The fourth-order valence-electron chi connectivity index (χ4n) is 1.99. The largest absolute Gasteiger partial charge is 0.356 e. The lowest BCUT2D eigenvalue weighted by Crippen LogP contribution is -2.39. The maximum atomic E-state index is 4.44. The normalized spacial score (nSPS) is 23.0. The van der Waals surface area contributed by atoms with Gasteiger partial charge in [0, 0.05) is 30.9 Å². The van der Waals surface area contributed by atoms with Gasteiger partial charge in [0.2, 0.25) is 0 Å². The van der Waals surface area contributed by atoms with Gasteiger partial charge in [0.1, 0.15) is 0 Å². The van der Waals surface area contributed by atoms with Crippen molar-refractivity contribution in [2.75, 3.05) is 13.6 Å². The number of aryl methyl sites for hydroxylation is 2. The molecule has 2 N–H and O–H groups in total. The second-order valence-corrected chi connectivity index (χ2v) is 6.24. The summed E-state index contributed by atoms with van der Waals surface area (Å²) in [4.78, 5) is 10.1. The third-order valence-corrected chi connectivity index (χ3v) is 4.43. The number of hydrogen-bond acceptors (Lipinski definition) is 3. The van der Waals surface area contributed by atoms with Crippen molar-refractivity contribution in [2.24, 2.45) is 10.9 Å². The van der Waals surface area contributed by atoms with E-state index in [4.69, 9.17) is 0 Å². The van der Waals surface area contributed by atoms with Crippen LogP contribution in [0.1, 0.15) is 28.9 Å². The smallest absolute Gasteiger partial charge is 0.191 e. The summed E-state index contributed by atoms with van der Waals surface area (Å²) in [6, 6.07) is 0.614. The number of aromatic nitrogens is 1. The molecule has 1 fully saturated rings. The van der Waals surface area contributed by atoms with E-state index in [1.165, 1.54) is 11.3 Å². The Hall–Kier alpha value is -1.10. The van der Waals surface area contributed by atoms with Crippen molar-refractivity contribution in [3.8, 4) is 0 Å². The lowest BCUT2D eigenvalue weighted by Gasteiger charge is -2.10. The van der Waals surface area contributed by atoms with Gasteiger partial charge in [-0.3, -0.25) is 4.99 Å². The molecule has 2 unspecified atom stereocenters. The van der Waals surface area contributed by atoms with Crippen LogP contribution >= 0.6 is 11.3 Å². The topological polar surface area (TPSA) is 49.3 Å². The first kappa shape index (κ1) is 13.3. The van der Waals surface area contributed by atoms with E-state index in [0.29, 0.717) is 6.04 Å². The molecule has 1 aliphatic rings. The molecular weight excluding hydrogens is 244 g/mol. The summed E-state index contributed by atoms with van der Waals surface area (Å²) >= 11 is 1.79. The number of thiazole rings is 1. The van der Waals surface area contributed by atoms with Gasteiger partial charge in [-0.25, -0.2) is 4.98 Å². The molecule has 4 nitrogen and oxygen atoms in total. The fraction of sp³-hybridized carbons (Fsp3) is 0.692. The maximum Gasteiger partial charge on any atom is 0.191 e. The average Bonchev–Trinajstić information content (AvgIpc) is 2.91. The first-order chi connectivity index (χ1) is 8.60. The average molecular weight is 266 g/mol. The van der Waals surface area contributed by atoms with Gasteiger partial charge in [0.25, 0.3) is 0 Å². The van der Waals surface area contributed by atoms with Gasteiger partial charge in [-0.15, -0.1) is 11.3 Å². The molecule has 1 saturated carbocycles. The molecule has 0 radical (unpaired) electrons. The van der Waals surface area contributed by atoms with Gasteiger partial charge < -0.3 is 10.6 Å². The third kappa shape index (κ3) is 3.45. The van der Waals surface area contributed by atoms with Gasteiger partial charge in [-0.2, -0.15) is 0 Å². The Morgan fingerprint density at radius 1 is 1.50 bits per heavy atom. The highest BCUT2D eigenvalue weighted by atomic mass is 32.1. The number of hydrogen-bond donors (Lipinski definition) is 2. The van der Waals surface area contributed by atoms with E-state index in [1.807, 2.05) is 7.05 Å². The van der Waals surface area contributed by atoms with Crippen LogP contribution in [0.2, 0.25) is 0 Å². The predicted molar refractivity (Wildman–Crippen MR) is 77.4 cm³/mol. The molecule has 0 spiro atoms. The van der Waals surface area contributed by atoms with E-state index >= 15 is 0 Å². The first-order valence-corrected chi connectivity index (χ1v) is 7.32. The zero-order chi connectivity index (χ0) is 13.1. The Labute approximate surface area is 113 Å². The van der Waals surface area contributed by atoms with Crippen LogP contribution in [0.15, 0.2) is 4.99 Å². The van der Waals surface area contributed by atoms with Crippen LogP contribution in [-0.4, -0.2) is 30.6 Å². The second kappa shape index (κ2) is 5.69. The van der Waals surface area contributed by atoms with E-state index in [9.17, 15) is 0 Å². The maximum absolute atomic E-state index is 4.44. The molecule has 0 aromatic carbocycles. The number of nitrogens with zero attached hydrogens (tertiary/aromatic N) is 2. The Morgan fingerprint density at radius 2 is 2.22 bits per heavy atom. The quantitative estimate of drug-likeness (QED) is 0.646. The molecule has 0 amide bonds. The van der Waals surface area contributed by atoms with Crippen LogP contribution in [0.4, 0.5) is 0 Å². The van der Waals surface area contributed by atoms with Crippen LogP contribution in [0.5, 0.6) is 0 Å². The highest BCUT2D eigenvalue weighted by Gasteiger charge is 2.33. The molecule has 1 heterocycles. The summed E-state index contributed by atoms with van der Waals surface area (Å²) in [5.41, 5.74) is 1.16. The van der Waals surface area contributed by atoms with Gasteiger partial charge in [-0.1, -0.05) is 6.92 Å². The molecule has 18 heavy (non-hydrogen) atoms. The van der Waals surface area contributed by atoms with Crippen molar-refractivity contribution in [3.63, 3.8) is 0 Å². The Morgan fingerprint density at radius 3 is 2.72 bits per heavy atom. The van der Waals surface area contributed by atoms with E-state index in [-0.39, 0.29) is 0 Å². The van der Waals surface area contributed by atoms with Crippen LogP contribution < -0.4 is 10.6 Å². The van der Waals surface area contributed by atoms with Gasteiger partial charge >= 0.3 is 0 Å². The van der Waals surface area contributed by atoms with Crippen molar-refractivity contribution >= 4 is 17.3 Å².